The summed E-state index contributed by atoms with van der Waals surface area (Å²) in [5.41, 5.74) is 4.64. The van der Waals surface area contributed by atoms with Crippen LogP contribution in [-0.4, -0.2) is 28.6 Å². The number of hydrogen-bond donors (Lipinski definition) is 0. The summed E-state index contributed by atoms with van der Waals surface area (Å²) in [7, 11) is 0. The number of rotatable bonds is 4. The molecule has 5 nitrogen and oxygen atoms in total. The van der Waals surface area contributed by atoms with Crippen LogP contribution < -0.4 is 4.90 Å². The van der Waals surface area contributed by atoms with Crippen LogP contribution >= 0.6 is 0 Å². The quantitative estimate of drug-likeness (QED) is 0.770. The monoisotopic (exact) mass is 366 g/mol. The fourth-order valence-electron chi connectivity index (χ4n) is 4.25. The SMILES string of the molecule is Cc1cc(C(=O)O[C@H](C)C(=O)N2c3ccccc3C[C@@H]2C)c(C)n1C1CC1. The van der Waals surface area contributed by atoms with Gasteiger partial charge < -0.3 is 14.2 Å². The van der Waals surface area contributed by atoms with E-state index in [9.17, 15) is 9.59 Å². The van der Waals surface area contributed by atoms with Crippen LogP contribution in [0.3, 0.4) is 0 Å². The number of anilines is 1. The molecule has 1 aliphatic heterocycles. The van der Waals surface area contributed by atoms with E-state index in [0.717, 1.165) is 41.9 Å². The number of carbonyl (C=O) groups excluding carboxylic acids is 2. The average molecular weight is 366 g/mol. The minimum Gasteiger partial charge on any atom is -0.449 e. The van der Waals surface area contributed by atoms with Crippen LogP contribution in [0.1, 0.15) is 60.0 Å². The van der Waals surface area contributed by atoms with E-state index in [-0.39, 0.29) is 11.9 Å². The fraction of sp³-hybridized carbons (Fsp3) is 0.455. The third-order valence-corrected chi connectivity index (χ3v) is 5.69. The first-order valence-electron chi connectivity index (χ1n) is 9.69. The van der Waals surface area contributed by atoms with Gasteiger partial charge in [-0.25, -0.2) is 4.79 Å². The number of amides is 1. The highest BCUT2D eigenvalue weighted by molar-refractivity contribution is 6.01. The standard InChI is InChI=1S/C22H26N2O3/c1-13-11-17-7-5-6-8-20(17)24(13)21(25)16(4)27-22(26)19-12-14(2)23(15(19)3)18-9-10-18/h5-8,12-13,16,18H,9-11H2,1-4H3/t13-,16+/m0/s1. The van der Waals surface area contributed by atoms with Crippen LogP contribution in [0.5, 0.6) is 0 Å². The molecule has 142 valence electrons. The zero-order valence-corrected chi connectivity index (χ0v) is 16.4. The van der Waals surface area contributed by atoms with E-state index >= 15 is 0 Å². The number of fused-ring (bicyclic) bond motifs is 1. The molecule has 2 atom stereocenters. The van der Waals surface area contributed by atoms with Crippen LogP contribution in [0.4, 0.5) is 5.69 Å². The molecule has 1 aromatic heterocycles. The maximum atomic E-state index is 13.0. The minimum atomic E-state index is -0.824. The Morgan fingerprint density at radius 1 is 1.19 bits per heavy atom. The highest BCUT2D eigenvalue weighted by Crippen LogP contribution is 2.38. The number of carbonyl (C=O) groups is 2. The second kappa shape index (κ2) is 6.55. The molecule has 5 heteroatoms. The van der Waals surface area contributed by atoms with Gasteiger partial charge in [0.1, 0.15) is 0 Å². The molecular weight excluding hydrogens is 340 g/mol. The summed E-state index contributed by atoms with van der Waals surface area (Å²) in [4.78, 5) is 27.5. The molecule has 0 saturated heterocycles. The van der Waals surface area contributed by atoms with E-state index in [4.69, 9.17) is 4.74 Å². The van der Waals surface area contributed by atoms with Crippen molar-refractivity contribution in [3.05, 3.63) is 52.8 Å². The summed E-state index contributed by atoms with van der Waals surface area (Å²) in [6.07, 6.45) is 2.32. The van der Waals surface area contributed by atoms with Crippen molar-refractivity contribution in [2.24, 2.45) is 0 Å². The molecule has 2 aromatic rings. The topological polar surface area (TPSA) is 51.5 Å². The number of nitrogens with zero attached hydrogens (tertiary/aromatic N) is 2. The van der Waals surface area contributed by atoms with Crippen molar-refractivity contribution in [2.45, 2.75) is 65.1 Å². The van der Waals surface area contributed by atoms with Gasteiger partial charge in [0.15, 0.2) is 6.10 Å². The normalized spacial score (nSPS) is 19.7. The van der Waals surface area contributed by atoms with E-state index in [1.54, 1.807) is 11.8 Å². The minimum absolute atomic E-state index is 0.0657. The van der Waals surface area contributed by atoms with Crippen LogP contribution in [0.25, 0.3) is 0 Å². The molecule has 2 aliphatic rings. The molecule has 0 unspecified atom stereocenters. The van der Waals surface area contributed by atoms with Gasteiger partial charge in [0.05, 0.1) is 5.56 Å². The van der Waals surface area contributed by atoms with Crippen LogP contribution in [0.2, 0.25) is 0 Å². The number of aryl methyl sites for hydroxylation is 1. The zero-order chi connectivity index (χ0) is 19.3. The number of benzene rings is 1. The Morgan fingerprint density at radius 3 is 2.59 bits per heavy atom. The molecule has 0 bridgehead atoms. The fourth-order valence-corrected chi connectivity index (χ4v) is 4.25. The first-order valence-corrected chi connectivity index (χ1v) is 9.69. The lowest BCUT2D eigenvalue weighted by atomic mass is 10.1. The number of ether oxygens (including phenoxy) is 1. The van der Waals surface area contributed by atoms with E-state index in [1.165, 1.54) is 0 Å². The third-order valence-electron chi connectivity index (χ3n) is 5.69. The van der Waals surface area contributed by atoms with Gasteiger partial charge in [-0.15, -0.1) is 0 Å². The molecule has 27 heavy (non-hydrogen) atoms. The van der Waals surface area contributed by atoms with Crippen LogP contribution in [0, 0.1) is 13.8 Å². The summed E-state index contributed by atoms with van der Waals surface area (Å²) >= 11 is 0. The van der Waals surface area contributed by atoms with Gasteiger partial charge in [0.25, 0.3) is 5.91 Å². The average Bonchev–Trinajstić information content (AvgIpc) is 3.33. The maximum Gasteiger partial charge on any atom is 0.340 e. The first-order chi connectivity index (χ1) is 12.9. The zero-order valence-electron chi connectivity index (χ0n) is 16.4. The largest absolute Gasteiger partial charge is 0.449 e. The lowest BCUT2D eigenvalue weighted by molar-refractivity contribution is -0.126. The Kier molecular flexibility index (Phi) is 4.33. The van der Waals surface area contributed by atoms with Gasteiger partial charge in [0.2, 0.25) is 0 Å². The second-order valence-electron chi connectivity index (χ2n) is 7.82. The van der Waals surface area contributed by atoms with Crippen molar-refractivity contribution in [3.63, 3.8) is 0 Å². The third kappa shape index (κ3) is 3.05. The Balaban J connectivity index is 1.51. The van der Waals surface area contributed by atoms with Gasteiger partial charge in [-0.1, -0.05) is 18.2 Å². The smallest absolute Gasteiger partial charge is 0.340 e. The number of hydrogen-bond acceptors (Lipinski definition) is 3. The Labute approximate surface area is 159 Å². The van der Waals surface area contributed by atoms with Crippen LogP contribution in [0.15, 0.2) is 30.3 Å². The molecule has 0 N–H and O–H groups in total. The molecule has 1 aromatic carbocycles. The highest BCUT2D eigenvalue weighted by atomic mass is 16.5. The van der Waals surface area contributed by atoms with E-state index in [2.05, 4.69) is 4.57 Å². The van der Waals surface area contributed by atoms with Crippen molar-refractivity contribution in [3.8, 4) is 0 Å². The van der Waals surface area contributed by atoms with E-state index in [1.807, 2.05) is 51.1 Å². The summed E-state index contributed by atoms with van der Waals surface area (Å²) < 4.78 is 7.79. The van der Waals surface area contributed by atoms with Crippen molar-refractivity contribution < 1.29 is 14.3 Å². The van der Waals surface area contributed by atoms with Crippen LogP contribution in [-0.2, 0) is 16.0 Å². The Morgan fingerprint density at radius 2 is 1.89 bits per heavy atom. The Bertz CT molecular complexity index is 910. The van der Waals surface area contributed by atoms with Gasteiger partial charge in [0, 0.05) is 29.2 Å². The van der Waals surface area contributed by atoms with Gasteiger partial charge in [-0.3, -0.25) is 4.79 Å². The summed E-state index contributed by atoms with van der Waals surface area (Å²) in [6, 6.07) is 10.4. The molecule has 0 radical (unpaired) electrons. The predicted octanol–water partition coefficient (Wildman–Crippen LogP) is 3.96. The van der Waals surface area contributed by atoms with Crippen molar-refractivity contribution in [1.29, 1.82) is 0 Å². The molecule has 1 fully saturated rings. The van der Waals surface area contributed by atoms with Gasteiger partial charge in [-0.2, -0.15) is 0 Å². The number of aromatic nitrogens is 1. The number of para-hydroxylation sites is 1. The summed E-state index contributed by atoms with van der Waals surface area (Å²) in [6.45, 7) is 7.65. The van der Waals surface area contributed by atoms with Crippen molar-refractivity contribution >= 4 is 17.6 Å². The van der Waals surface area contributed by atoms with E-state index in [0.29, 0.717) is 11.6 Å². The van der Waals surface area contributed by atoms with E-state index < -0.39 is 12.1 Å². The van der Waals surface area contributed by atoms with Gasteiger partial charge >= 0.3 is 5.97 Å². The van der Waals surface area contributed by atoms with Gasteiger partial charge in [-0.05, 0) is 64.7 Å². The molecule has 1 saturated carbocycles. The maximum absolute atomic E-state index is 13.0. The molecule has 1 aliphatic carbocycles. The molecule has 1 amide bonds. The highest BCUT2D eigenvalue weighted by Gasteiger charge is 2.35. The first kappa shape index (κ1) is 17.8. The molecule has 4 rings (SSSR count). The lowest BCUT2D eigenvalue weighted by Gasteiger charge is -2.26. The molecule has 0 spiro atoms. The van der Waals surface area contributed by atoms with Crippen molar-refractivity contribution in [2.75, 3.05) is 4.90 Å². The summed E-state index contributed by atoms with van der Waals surface area (Å²) in [5.74, 6) is -0.590. The number of esters is 1. The van der Waals surface area contributed by atoms with Crippen molar-refractivity contribution in [1.82, 2.24) is 4.57 Å². The Hall–Kier alpha value is -2.56. The second-order valence-corrected chi connectivity index (χ2v) is 7.82. The lowest BCUT2D eigenvalue weighted by Crippen LogP contribution is -2.43. The molecular formula is C22H26N2O3. The summed E-state index contributed by atoms with van der Waals surface area (Å²) in [5, 5.41) is 0. The molecule has 2 heterocycles. The predicted molar refractivity (Wildman–Crippen MR) is 104 cm³/mol.